The minimum Gasteiger partial charge on any atom is -0.461 e. The Morgan fingerprint density at radius 1 is 1.12 bits per heavy atom. The minimum atomic E-state index is -0.152. The van der Waals surface area contributed by atoms with Crippen molar-refractivity contribution in [1.29, 1.82) is 0 Å². The molecule has 1 amide bonds. The van der Waals surface area contributed by atoms with E-state index in [-0.39, 0.29) is 18.0 Å². The lowest BCUT2D eigenvalue weighted by molar-refractivity contribution is -0.121. The molecule has 1 aromatic carbocycles. The van der Waals surface area contributed by atoms with Crippen LogP contribution < -0.4 is 10.9 Å². The van der Waals surface area contributed by atoms with Crippen LogP contribution >= 0.6 is 0 Å². The summed E-state index contributed by atoms with van der Waals surface area (Å²) in [5.41, 5.74) is 3.15. The Kier molecular flexibility index (Phi) is 5.37. The second-order valence-corrected chi connectivity index (χ2v) is 6.35. The number of hydrogen-bond acceptors (Lipinski definition) is 3. The number of aromatic nitrogens is 1. The van der Waals surface area contributed by atoms with Gasteiger partial charge in [-0.3, -0.25) is 9.59 Å². The highest BCUT2D eigenvalue weighted by molar-refractivity contribution is 5.76. The number of aromatic amines is 1. The highest BCUT2D eigenvalue weighted by atomic mass is 16.3. The topological polar surface area (TPSA) is 75.1 Å². The van der Waals surface area contributed by atoms with Gasteiger partial charge in [-0.25, -0.2) is 0 Å². The highest BCUT2D eigenvalue weighted by Crippen LogP contribution is 2.22. The lowest BCUT2D eigenvalue weighted by Gasteiger charge is -2.08. The zero-order valence-electron chi connectivity index (χ0n) is 15.0. The van der Waals surface area contributed by atoms with E-state index in [1.54, 1.807) is 0 Å². The highest BCUT2D eigenvalue weighted by Gasteiger charge is 2.10. The first kappa shape index (κ1) is 17.7. The Hall–Kier alpha value is -3.08. The van der Waals surface area contributed by atoms with Crippen molar-refractivity contribution in [3.05, 3.63) is 81.5 Å². The summed E-state index contributed by atoms with van der Waals surface area (Å²) in [6.07, 6.45) is 0.826. The van der Waals surface area contributed by atoms with Gasteiger partial charge < -0.3 is 14.7 Å². The van der Waals surface area contributed by atoms with Crippen LogP contribution in [0, 0.1) is 13.8 Å². The molecule has 5 heteroatoms. The summed E-state index contributed by atoms with van der Waals surface area (Å²) in [5, 5.41) is 2.81. The molecular weight excluding hydrogens is 328 g/mol. The molecule has 26 heavy (non-hydrogen) atoms. The van der Waals surface area contributed by atoms with Crippen molar-refractivity contribution < 1.29 is 9.21 Å². The summed E-state index contributed by atoms with van der Waals surface area (Å²) in [5.74, 6) is 1.45. The van der Waals surface area contributed by atoms with Gasteiger partial charge in [0.05, 0.1) is 0 Å². The molecule has 2 aromatic heterocycles. The number of furan rings is 1. The summed E-state index contributed by atoms with van der Waals surface area (Å²) >= 11 is 0. The largest absolute Gasteiger partial charge is 0.461 e. The molecule has 0 unspecified atom stereocenters. The van der Waals surface area contributed by atoms with Gasteiger partial charge in [0.2, 0.25) is 5.91 Å². The van der Waals surface area contributed by atoms with E-state index in [1.165, 1.54) is 0 Å². The van der Waals surface area contributed by atoms with E-state index >= 15 is 0 Å². The van der Waals surface area contributed by atoms with Gasteiger partial charge in [-0.2, -0.15) is 0 Å². The zero-order chi connectivity index (χ0) is 18.5. The molecule has 0 fully saturated rings. The number of H-pyrrole nitrogens is 1. The van der Waals surface area contributed by atoms with Crippen LogP contribution in [0.2, 0.25) is 0 Å². The number of rotatable bonds is 6. The molecule has 0 aliphatic carbocycles. The molecule has 2 heterocycles. The Bertz CT molecular complexity index is 955. The van der Waals surface area contributed by atoms with Crippen molar-refractivity contribution in [2.45, 2.75) is 33.2 Å². The first-order valence-electron chi connectivity index (χ1n) is 8.63. The van der Waals surface area contributed by atoms with Gasteiger partial charge in [-0.1, -0.05) is 30.3 Å². The van der Waals surface area contributed by atoms with Gasteiger partial charge in [0.1, 0.15) is 11.5 Å². The predicted octanol–water partition coefficient (Wildman–Crippen LogP) is 3.50. The molecule has 0 bridgehead atoms. The number of carbonyl (C=O) groups is 1. The van der Waals surface area contributed by atoms with Crippen LogP contribution in [0.5, 0.6) is 0 Å². The summed E-state index contributed by atoms with van der Waals surface area (Å²) in [4.78, 5) is 26.8. The van der Waals surface area contributed by atoms with Crippen molar-refractivity contribution in [2.24, 2.45) is 0 Å². The minimum absolute atomic E-state index is 0.109. The monoisotopic (exact) mass is 350 g/mol. The fourth-order valence-corrected chi connectivity index (χ4v) is 2.88. The molecule has 0 atom stereocenters. The third-order valence-corrected chi connectivity index (χ3v) is 4.27. The molecule has 3 aromatic rings. The van der Waals surface area contributed by atoms with Crippen molar-refractivity contribution in [2.75, 3.05) is 0 Å². The number of nitrogens with one attached hydrogen (secondary N) is 2. The maximum atomic E-state index is 12.1. The summed E-state index contributed by atoms with van der Waals surface area (Å²) < 4.78 is 5.80. The van der Waals surface area contributed by atoms with Crippen LogP contribution in [0.3, 0.4) is 0 Å². The molecule has 3 rings (SSSR count). The molecule has 0 saturated heterocycles. The predicted molar refractivity (Wildman–Crippen MR) is 101 cm³/mol. The average Bonchev–Trinajstić information content (AvgIpc) is 3.09. The van der Waals surface area contributed by atoms with E-state index < -0.39 is 0 Å². The molecule has 2 N–H and O–H groups in total. The molecule has 0 spiro atoms. The molecule has 5 nitrogen and oxygen atoms in total. The number of hydrogen-bond donors (Lipinski definition) is 2. The van der Waals surface area contributed by atoms with Gasteiger partial charge in [-0.05, 0) is 37.6 Å². The van der Waals surface area contributed by atoms with E-state index in [1.807, 2.05) is 62.4 Å². The van der Waals surface area contributed by atoms with Gasteiger partial charge >= 0.3 is 0 Å². The number of amides is 1. The number of pyridine rings is 1. The summed E-state index contributed by atoms with van der Waals surface area (Å²) in [7, 11) is 0. The normalized spacial score (nSPS) is 10.7. The van der Waals surface area contributed by atoms with Gasteiger partial charge in [-0.15, -0.1) is 0 Å². The first-order chi connectivity index (χ1) is 12.5. The number of carbonyl (C=O) groups excluding carboxylic acids is 1. The average molecular weight is 350 g/mol. The zero-order valence-corrected chi connectivity index (χ0v) is 15.0. The van der Waals surface area contributed by atoms with Crippen molar-refractivity contribution in [3.8, 4) is 11.3 Å². The third kappa shape index (κ3) is 4.30. The lowest BCUT2D eigenvalue weighted by Crippen LogP contribution is -2.28. The second kappa shape index (κ2) is 7.87. The van der Waals surface area contributed by atoms with Crippen molar-refractivity contribution in [3.63, 3.8) is 0 Å². The smallest absolute Gasteiger partial charge is 0.253 e. The molecule has 0 saturated carbocycles. The van der Waals surface area contributed by atoms with E-state index in [0.717, 1.165) is 28.3 Å². The van der Waals surface area contributed by atoms with Crippen molar-refractivity contribution >= 4 is 5.91 Å². The fraction of sp³-hybridized carbons (Fsp3) is 0.238. The third-order valence-electron chi connectivity index (χ3n) is 4.27. The SMILES string of the molecule is Cc1cc(C)c(CNC(=O)CCc2ccc(-c3ccccc3)o2)c(=O)[nH]1. The van der Waals surface area contributed by atoms with Crippen molar-refractivity contribution in [1.82, 2.24) is 10.3 Å². The van der Waals surface area contributed by atoms with Crippen LogP contribution in [-0.4, -0.2) is 10.9 Å². The number of benzene rings is 1. The van der Waals surface area contributed by atoms with Gasteiger partial charge in [0, 0.05) is 36.2 Å². The van der Waals surface area contributed by atoms with E-state index in [9.17, 15) is 9.59 Å². The van der Waals surface area contributed by atoms with Crippen LogP contribution in [0.1, 0.15) is 29.0 Å². The Morgan fingerprint density at radius 2 is 1.88 bits per heavy atom. The summed E-state index contributed by atoms with van der Waals surface area (Å²) in [6, 6.07) is 15.5. The molecule has 0 aliphatic heterocycles. The maximum Gasteiger partial charge on any atom is 0.253 e. The maximum absolute atomic E-state index is 12.1. The van der Waals surface area contributed by atoms with E-state index in [4.69, 9.17) is 4.42 Å². The standard InChI is InChI=1S/C21H22N2O3/c1-14-12-15(2)23-21(25)18(14)13-22-20(24)11-9-17-8-10-19(26-17)16-6-4-3-5-7-16/h3-8,10,12H,9,11,13H2,1-2H3,(H,22,24)(H,23,25). The van der Waals surface area contributed by atoms with Gasteiger partial charge in [0.25, 0.3) is 5.56 Å². The molecule has 134 valence electrons. The fourth-order valence-electron chi connectivity index (χ4n) is 2.88. The van der Waals surface area contributed by atoms with E-state index in [0.29, 0.717) is 18.4 Å². The van der Waals surface area contributed by atoms with Crippen LogP contribution in [-0.2, 0) is 17.8 Å². The molecule has 0 radical (unpaired) electrons. The molecule has 0 aliphatic rings. The van der Waals surface area contributed by atoms with E-state index in [2.05, 4.69) is 10.3 Å². The van der Waals surface area contributed by atoms with Gasteiger partial charge in [0.15, 0.2) is 0 Å². The quantitative estimate of drug-likeness (QED) is 0.714. The van der Waals surface area contributed by atoms with Crippen LogP contribution in [0.4, 0.5) is 0 Å². The Labute approximate surface area is 152 Å². The van der Waals surface area contributed by atoms with Crippen LogP contribution in [0.25, 0.3) is 11.3 Å². The Morgan fingerprint density at radius 3 is 2.62 bits per heavy atom. The molecular formula is C21H22N2O3. The second-order valence-electron chi connectivity index (χ2n) is 6.35. The lowest BCUT2D eigenvalue weighted by atomic mass is 10.1. The Balaban J connectivity index is 1.54. The summed E-state index contributed by atoms with van der Waals surface area (Å²) in [6.45, 7) is 3.94. The van der Waals surface area contributed by atoms with Crippen LogP contribution in [0.15, 0.2) is 57.7 Å². The number of aryl methyl sites for hydroxylation is 3. The first-order valence-corrected chi connectivity index (χ1v) is 8.63.